The van der Waals surface area contributed by atoms with Crippen molar-refractivity contribution in [3.63, 3.8) is 0 Å². The van der Waals surface area contributed by atoms with Gasteiger partial charge in [0.25, 0.3) is 11.8 Å². The van der Waals surface area contributed by atoms with Gasteiger partial charge in [-0.2, -0.15) is 0 Å². The van der Waals surface area contributed by atoms with Gasteiger partial charge in [-0.25, -0.2) is 0 Å². The number of nitrogens with one attached hydrogen (secondary N) is 2. The molecule has 154 valence electrons. The van der Waals surface area contributed by atoms with Gasteiger partial charge in [-0.15, -0.1) is 11.3 Å². The molecule has 1 aromatic carbocycles. The normalized spacial score (nSPS) is 15.6. The minimum Gasteiger partial charge on any atom is -0.354 e. The first kappa shape index (κ1) is 21.0. The summed E-state index contributed by atoms with van der Waals surface area (Å²) in [6.45, 7) is 3.72. The van der Waals surface area contributed by atoms with E-state index in [1.165, 1.54) is 11.3 Å². The zero-order valence-corrected chi connectivity index (χ0v) is 17.4. The first-order chi connectivity index (χ1) is 14.1. The molecule has 2 aromatic rings. The van der Waals surface area contributed by atoms with Gasteiger partial charge < -0.3 is 15.5 Å². The lowest BCUT2D eigenvalue weighted by Gasteiger charge is -2.35. The van der Waals surface area contributed by atoms with Crippen LogP contribution in [0.1, 0.15) is 46.2 Å². The van der Waals surface area contributed by atoms with Gasteiger partial charge in [0.2, 0.25) is 5.91 Å². The summed E-state index contributed by atoms with van der Waals surface area (Å²) in [6, 6.07) is 12.2. The Balaban J connectivity index is 1.64. The molecule has 1 saturated heterocycles. The zero-order valence-electron chi connectivity index (χ0n) is 16.6. The number of piperidine rings is 1. The lowest BCUT2D eigenvalue weighted by atomic mass is 9.88. The third kappa shape index (κ3) is 5.44. The van der Waals surface area contributed by atoms with E-state index in [0.29, 0.717) is 42.9 Å². The molecule has 29 heavy (non-hydrogen) atoms. The molecule has 2 heterocycles. The molecule has 6 nitrogen and oxygen atoms in total. The van der Waals surface area contributed by atoms with E-state index in [-0.39, 0.29) is 23.6 Å². The first-order valence-electron chi connectivity index (χ1n) is 10.1. The van der Waals surface area contributed by atoms with Crippen molar-refractivity contribution in [2.75, 3.05) is 19.6 Å². The summed E-state index contributed by atoms with van der Waals surface area (Å²) < 4.78 is 0. The van der Waals surface area contributed by atoms with Crippen molar-refractivity contribution < 1.29 is 14.4 Å². The summed E-state index contributed by atoms with van der Waals surface area (Å²) in [5, 5.41) is 7.68. The number of likely N-dealkylation sites (tertiary alicyclic amines) is 1. The number of benzene rings is 1. The zero-order chi connectivity index (χ0) is 20.6. The average Bonchev–Trinajstić information content (AvgIpc) is 3.31. The molecular formula is C22H27N3O3S. The number of carbonyl (C=O) groups is 3. The lowest BCUT2D eigenvalue weighted by molar-refractivity contribution is -0.124. The van der Waals surface area contributed by atoms with Gasteiger partial charge in [0.15, 0.2) is 0 Å². The quantitative estimate of drug-likeness (QED) is 0.733. The maximum Gasteiger partial charge on any atom is 0.262 e. The molecule has 0 saturated carbocycles. The highest BCUT2D eigenvalue weighted by Gasteiger charge is 2.34. The number of thiophene rings is 1. The molecule has 0 spiro atoms. The number of carbonyl (C=O) groups excluding carboxylic acids is 3. The molecule has 1 fully saturated rings. The summed E-state index contributed by atoms with van der Waals surface area (Å²) in [4.78, 5) is 40.4. The molecule has 3 amide bonds. The Hall–Kier alpha value is -2.67. The van der Waals surface area contributed by atoms with Crippen molar-refractivity contribution >= 4 is 29.1 Å². The van der Waals surface area contributed by atoms with Gasteiger partial charge >= 0.3 is 0 Å². The summed E-state index contributed by atoms with van der Waals surface area (Å²) in [5.74, 6) is -0.363. The van der Waals surface area contributed by atoms with Crippen LogP contribution in [0.3, 0.4) is 0 Å². The van der Waals surface area contributed by atoms with Gasteiger partial charge in [-0.1, -0.05) is 31.2 Å². The predicted octanol–water partition coefficient (Wildman–Crippen LogP) is 2.93. The van der Waals surface area contributed by atoms with Gasteiger partial charge in [0.05, 0.1) is 4.88 Å². The molecule has 0 aliphatic carbocycles. The van der Waals surface area contributed by atoms with Crippen LogP contribution in [0.25, 0.3) is 0 Å². The first-order valence-corrected chi connectivity index (χ1v) is 10.9. The second-order valence-electron chi connectivity index (χ2n) is 7.22. The monoisotopic (exact) mass is 413 g/mol. The second-order valence-corrected chi connectivity index (χ2v) is 8.16. The van der Waals surface area contributed by atoms with Crippen LogP contribution in [0.5, 0.6) is 0 Å². The van der Waals surface area contributed by atoms with E-state index >= 15 is 0 Å². The molecular weight excluding hydrogens is 386 g/mol. The van der Waals surface area contributed by atoms with E-state index in [2.05, 4.69) is 10.6 Å². The van der Waals surface area contributed by atoms with Crippen LogP contribution < -0.4 is 10.6 Å². The van der Waals surface area contributed by atoms with Crippen LogP contribution in [0.15, 0.2) is 47.8 Å². The molecule has 3 rings (SSSR count). The van der Waals surface area contributed by atoms with Crippen LogP contribution in [0.2, 0.25) is 0 Å². The van der Waals surface area contributed by atoms with Crippen molar-refractivity contribution in [1.29, 1.82) is 0 Å². The van der Waals surface area contributed by atoms with Gasteiger partial charge in [0, 0.05) is 25.2 Å². The Morgan fingerprint density at radius 3 is 2.45 bits per heavy atom. The third-order valence-electron chi connectivity index (χ3n) is 5.18. The van der Waals surface area contributed by atoms with Crippen LogP contribution >= 0.6 is 11.3 Å². The van der Waals surface area contributed by atoms with E-state index in [4.69, 9.17) is 0 Å². The van der Waals surface area contributed by atoms with Crippen LogP contribution in [0.4, 0.5) is 0 Å². The van der Waals surface area contributed by atoms with Crippen LogP contribution in [0, 0.1) is 5.92 Å². The summed E-state index contributed by atoms with van der Waals surface area (Å²) in [7, 11) is 0. The van der Waals surface area contributed by atoms with Gasteiger partial charge in [0.1, 0.15) is 6.04 Å². The molecule has 1 atom stereocenters. The largest absolute Gasteiger partial charge is 0.354 e. The number of hydrogen-bond donors (Lipinski definition) is 2. The number of amides is 3. The van der Waals surface area contributed by atoms with Crippen molar-refractivity contribution in [1.82, 2.24) is 15.5 Å². The van der Waals surface area contributed by atoms with E-state index in [9.17, 15) is 14.4 Å². The third-order valence-corrected chi connectivity index (χ3v) is 6.05. The fraction of sp³-hybridized carbons (Fsp3) is 0.409. The highest BCUT2D eigenvalue weighted by molar-refractivity contribution is 7.12. The highest BCUT2D eigenvalue weighted by Crippen LogP contribution is 2.23. The molecule has 2 N–H and O–H groups in total. The Labute approximate surface area is 175 Å². The fourth-order valence-electron chi connectivity index (χ4n) is 3.57. The number of rotatable bonds is 7. The molecule has 1 aliphatic heterocycles. The minimum atomic E-state index is -0.592. The van der Waals surface area contributed by atoms with Gasteiger partial charge in [-0.3, -0.25) is 14.4 Å². The summed E-state index contributed by atoms with van der Waals surface area (Å²) in [6.07, 6.45) is 2.18. The van der Waals surface area contributed by atoms with Crippen molar-refractivity contribution in [3.8, 4) is 0 Å². The highest BCUT2D eigenvalue weighted by atomic mass is 32.1. The van der Waals surface area contributed by atoms with Crippen molar-refractivity contribution in [3.05, 3.63) is 58.3 Å². The average molecular weight is 414 g/mol. The molecule has 7 heteroatoms. The van der Waals surface area contributed by atoms with Crippen LogP contribution in [-0.4, -0.2) is 48.3 Å². The smallest absolute Gasteiger partial charge is 0.262 e. The molecule has 1 unspecified atom stereocenters. The molecule has 0 radical (unpaired) electrons. The lowest BCUT2D eigenvalue weighted by Crippen LogP contribution is -2.53. The van der Waals surface area contributed by atoms with E-state index in [0.717, 1.165) is 6.42 Å². The standard InChI is InChI=1S/C22H27N3O3S/c1-2-12-23-21(27)19(24-20(26)18-9-6-15-29-18)16-10-13-25(14-11-16)22(28)17-7-4-3-5-8-17/h3-9,15-16,19H,2,10-14H2,1H3,(H,23,27)(H,24,26). The SMILES string of the molecule is CCCNC(=O)C(NC(=O)c1cccs1)C1CCN(C(=O)c2ccccc2)CC1. The molecule has 1 aromatic heterocycles. The Morgan fingerprint density at radius 1 is 1.10 bits per heavy atom. The fourth-order valence-corrected chi connectivity index (χ4v) is 4.20. The Kier molecular flexibility index (Phi) is 7.41. The van der Waals surface area contributed by atoms with Crippen molar-refractivity contribution in [2.24, 2.45) is 5.92 Å². The topological polar surface area (TPSA) is 78.5 Å². The van der Waals surface area contributed by atoms with E-state index in [1.54, 1.807) is 6.07 Å². The van der Waals surface area contributed by atoms with E-state index < -0.39 is 6.04 Å². The predicted molar refractivity (Wildman–Crippen MR) is 114 cm³/mol. The minimum absolute atomic E-state index is 0.00408. The Morgan fingerprint density at radius 2 is 1.83 bits per heavy atom. The van der Waals surface area contributed by atoms with Gasteiger partial charge in [-0.05, 0) is 48.8 Å². The Bertz CT molecular complexity index is 815. The van der Waals surface area contributed by atoms with Crippen LogP contribution in [-0.2, 0) is 4.79 Å². The maximum absolute atomic E-state index is 12.7. The summed E-state index contributed by atoms with van der Waals surface area (Å²) in [5.41, 5.74) is 0.675. The molecule has 0 bridgehead atoms. The molecule has 1 aliphatic rings. The number of nitrogens with zero attached hydrogens (tertiary/aromatic N) is 1. The number of hydrogen-bond acceptors (Lipinski definition) is 4. The second kappa shape index (κ2) is 10.2. The summed E-state index contributed by atoms with van der Waals surface area (Å²) >= 11 is 1.35. The maximum atomic E-state index is 12.7. The van der Waals surface area contributed by atoms with Crippen molar-refractivity contribution in [2.45, 2.75) is 32.2 Å². The van der Waals surface area contributed by atoms with E-state index in [1.807, 2.05) is 53.6 Å².